The second-order valence-corrected chi connectivity index (χ2v) is 5.28. The van der Waals surface area contributed by atoms with Crippen LogP contribution in [0.5, 0.6) is 0 Å². The van der Waals surface area contributed by atoms with Gasteiger partial charge in [-0.05, 0) is 37.4 Å². The lowest BCUT2D eigenvalue weighted by Gasteiger charge is -2.26. The minimum absolute atomic E-state index is 0.00801. The average molecular weight is 275 g/mol. The third-order valence-electron chi connectivity index (χ3n) is 4.01. The summed E-state index contributed by atoms with van der Waals surface area (Å²) in [7, 11) is 0. The van der Waals surface area contributed by atoms with Crippen molar-refractivity contribution >= 4 is 5.91 Å². The van der Waals surface area contributed by atoms with Crippen molar-refractivity contribution in [2.75, 3.05) is 13.1 Å². The summed E-state index contributed by atoms with van der Waals surface area (Å²) in [6.07, 6.45) is 4.93. The fourth-order valence-corrected chi connectivity index (χ4v) is 2.92. The summed E-state index contributed by atoms with van der Waals surface area (Å²) < 4.78 is 5.31. The van der Waals surface area contributed by atoms with Crippen LogP contribution < -0.4 is 5.73 Å². The van der Waals surface area contributed by atoms with Gasteiger partial charge in [0.2, 0.25) is 5.91 Å². The Bertz CT molecular complexity index is 464. The summed E-state index contributed by atoms with van der Waals surface area (Å²) in [5, 5.41) is 8.76. The number of carbonyl (C=O) groups excluding carboxylic acids is 1. The highest BCUT2D eigenvalue weighted by Gasteiger charge is 2.34. The number of hydrogen-bond donors (Lipinski definition) is 1. The molecule has 1 aliphatic rings. The summed E-state index contributed by atoms with van der Waals surface area (Å²) in [5.41, 5.74) is 5.76. The number of furan rings is 1. The van der Waals surface area contributed by atoms with E-state index < -0.39 is 0 Å². The van der Waals surface area contributed by atoms with Crippen LogP contribution in [-0.2, 0) is 11.3 Å². The third-order valence-corrected chi connectivity index (χ3v) is 4.01. The van der Waals surface area contributed by atoms with Crippen molar-refractivity contribution in [1.29, 1.82) is 5.26 Å². The molecule has 108 valence electrons. The van der Waals surface area contributed by atoms with Gasteiger partial charge >= 0.3 is 0 Å². The van der Waals surface area contributed by atoms with Crippen molar-refractivity contribution in [2.24, 2.45) is 17.6 Å². The minimum atomic E-state index is 0.00801. The number of carbonyl (C=O) groups is 1. The molecule has 1 amide bonds. The summed E-state index contributed by atoms with van der Waals surface area (Å²) in [4.78, 5) is 14.4. The maximum Gasteiger partial charge on any atom is 0.226 e. The first-order valence-corrected chi connectivity index (χ1v) is 7.14. The van der Waals surface area contributed by atoms with Gasteiger partial charge in [-0.2, -0.15) is 5.26 Å². The molecule has 1 aromatic rings. The number of rotatable bonds is 6. The van der Waals surface area contributed by atoms with Crippen molar-refractivity contribution in [1.82, 2.24) is 4.90 Å². The van der Waals surface area contributed by atoms with Gasteiger partial charge < -0.3 is 15.1 Å². The number of amides is 1. The molecule has 1 heterocycles. The molecule has 0 aromatic carbocycles. The highest BCUT2D eigenvalue weighted by Crippen LogP contribution is 2.32. The first kappa shape index (κ1) is 14.6. The largest absolute Gasteiger partial charge is 0.467 e. The van der Waals surface area contributed by atoms with Crippen LogP contribution >= 0.6 is 0 Å². The standard InChI is InChI=1S/C15H21N3O2/c16-7-3-8-18(11-13-5-2-9-20-13)15(19)14-6-1-4-12(14)10-17/h2,5,9,12,14H,1,3-4,6,8,10-11,17H2. The van der Waals surface area contributed by atoms with E-state index in [-0.39, 0.29) is 17.7 Å². The fraction of sp³-hybridized carbons (Fsp3) is 0.600. The molecule has 0 spiro atoms. The summed E-state index contributed by atoms with van der Waals surface area (Å²) >= 11 is 0. The SMILES string of the molecule is N#CCCN(Cc1ccco1)C(=O)C1CCCC1CN. The highest BCUT2D eigenvalue weighted by atomic mass is 16.3. The van der Waals surface area contributed by atoms with Crippen LogP contribution in [0.25, 0.3) is 0 Å². The second-order valence-electron chi connectivity index (χ2n) is 5.28. The molecule has 2 unspecified atom stereocenters. The summed E-state index contributed by atoms with van der Waals surface area (Å²) in [6.45, 7) is 1.44. The maximum absolute atomic E-state index is 12.7. The highest BCUT2D eigenvalue weighted by molar-refractivity contribution is 5.79. The zero-order valence-electron chi connectivity index (χ0n) is 11.6. The normalized spacial score (nSPS) is 21.6. The Morgan fingerprint density at radius 2 is 2.40 bits per heavy atom. The van der Waals surface area contributed by atoms with Crippen molar-refractivity contribution < 1.29 is 9.21 Å². The van der Waals surface area contributed by atoms with Gasteiger partial charge in [-0.1, -0.05) is 6.42 Å². The Morgan fingerprint density at radius 1 is 1.55 bits per heavy atom. The van der Waals surface area contributed by atoms with E-state index in [4.69, 9.17) is 15.4 Å². The Morgan fingerprint density at radius 3 is 3.05 bits per heavy atom. The van der Waals surface area contributed by atoms with E-state index >= 15 is 0 Å². The molecule has 1 aromatic heterocycles. The van der Waals surface area contributed by atoms with Crippen molar-refractivity contribution in [2.45, 2.75) is 32.2 Å². The Hall–Kier alpha value is -1.80. The summed E-state index contributed by atoms with van der Waals surface area (Å²) in [5.74, 6) is 1.15. The van der Waals surface area contributed by atoms with Gasteiger partial charge in [0.15, 0.2) is 0 Å². The smallest absolute Gasteiger partial charge is 0.226 e. The molecular weight excluding hydrogens is 254 g/mol. The zero-order chi connectivity index (χ0) is 14.4. The van der Waals surface area contributed by atoms with Crippen molar-refractivity contribution in [3.8, 4) is 6.07 Å². The lowest BCUT2D eigenvalue weighted by atomic mass is 9.94. The molecule has 2 atom stereocenters. The molecule has 2 rings (SSSR count). The molecule has 5 heteroatoms. The lowest BCUT2D eigenvalue weighted by molar-refractivity contribution is -0.137. The first-order chi connectivity index (χ1) is 9.76. The van der Waals surface area contributed by atoms with Crippen molar-refractivity contribution in [3.05, 3.63) is 24.2 Å². The maximum atomic E-state index is 12.7. The molecular formula is C15H21N3O2. The number of nitrogens with zero attached hydrogens (tertiary/aromatic N) is 2. The van der Waals surface area contributed by atoms with Crippen LogP contribution in [0.3, 0.4) is 0 Å². The van der Waals surface area contributed by atoms with E-state index in [0.29, 0.717) is 26.1 Å². The lowest BCUT2D eigenvalue weighted by Crippen LogP contribution is -2.39. The van der Waals surface area contributed by atoms with Crippen LogP contribution in [-0.4, -0.2) is 23.9 Å². The first-order valence-electron chi connectivity index (χ1n) is 7.14. The van der Waals surface area contributed by atoms with Crippen LogP contribution in [0, 0.1) is 23.2 Å². The molecule has 2 N–H and O–H groups in total. The Kier molecular flexibility index (Phi) is 5.19. The quantitative estimate of drug-likeness (QED) is 0.859. The second kappa shape index (κ2) is 7.11. The van der Waals surface area contributed by atoms with Gasteiger partial charge in [0.25, 0.3) is 0 Å². The predicted molar refractivity (Wildman–Crippen MR) is 74.2 cm³/mol. The zero-order valence-corrected chi connectivity index (χ0v) is 11.6. The average Bonchev–Trinajstić information content (AvgIpc) is 3.13. The molecule has 1 aliphatic carbocycles. The third kappa shape index (κ3) is 3.40. The van der Waals surface area contributed by atoms with E-state index in [1.165, 1.54) is 0 Å². The Balaban J connectivity index is 2.05. The summed E-state index contributed by atoms with van der Waals surface area (Å²) in [6, 6.07) is 5.75. The predicted octanol–water partition coefficient (Wildman–Crippen LogP) is 1.90. The van der Waals surface area contributed by atoms with Crippen LogP contribution in [0.2, 0.25) is 0 Å². The van der Waals surface area contributed by atoms with Gasteiger partial charge in [0.1, 0.15) is 5.76 Å². The molecule has 0 radical (unpaired) electrons. The number of nitrogens with two attached hydrogens (primary N) is 1. The van der Waals surface area contributed by atoms with Crippen LogP contribution in [0.15, 0.2) is 22.8 Å². The van der Waals surface area contributed by atoms with E-state index in [1.54, 1.807) is 17.2 Å². The van der Waals surface area contributed by atoms with E-state index in [2.05, 4.69) is 6.07 Å². The minimum Gasteiger partial charge on any atom is -0.467 e. The monoisotopic (exact) mass is 275 g/mol. The molecule has 5 nitrogen and oxygen atoms in total. The van der Waals surface area contributed by atoms with Gasteiger partial charge in [0.05, 0.1) is 25.3 Å². The van der Waals surface area contributed by atoms with E-state index in [1.807, 2.05) is 6.07 Å². The van der Waals surface area contributed by atoms with Crippen LogP contribution in [0.4, 0.5) is 0 Å². The van der Waals surface area contributed by atoms with Gasteiger partial charge in [0, 0.05) is 12.5 Å². The Labute approximate surface area is 119 Å². The number of hydrogen-bond acceptors (Lipinski definition) is 4. The molecule has 20 heavy (non-hydrogen) atoms. The van der Waals surface area contributed by atoms with Crippen LogP contribution in [0.1, 0.15) is 31.4 Å². The molecule has 0 saturated heterocycles. The molecule has 0 aliphatic heterocycles. The topological polar surface area (TPSA) is 83.3 Å². The van der Waals surface area contributed by atoms with Gasteiger partial charge in [-0.3, -0.25) is 4.79 Å². The number of nitriles is 1. The van der Waals surface area contributed by atoms with Gasteiger partial charge in [-0.25, -0.2) is 0 Å². The fourth-order valence-electron chi connectivity index (χ4n) is 2.92. The van der Waals surface area contributed by atoms with Crippen molar-refractivity contribution in [3.63, 3.8) is 0 Å². The van der Waals surface area contributed by atoms with Gasteiger partial charge in [-0.15, -0.1) is 0 Å². The van der Waals surface area contributed by atoms with E-state index in [0.717, 1.165) is 25.0 Å². The van der Waals surface area contributed by atoms with E-state index in [9.17, 15) is 4.79 Å². The molecule has 0 bridgehead atoms. The molecule has 1 saturated carbocycles. The molecule has 1 fully saturated rings.